The summed E-state index contributed by atoms with van der Waals surface area (Å²) in [5.41, 5.74) is 0.743. The van der Waals surface area contributed by atoms with Gasteiger partial charge in [-0.3, -0.25) is 14.5 Å². The first kappa shape index (κ1) is 31.7. The molecule has 0 aliphatic heterocycles. The van der Waals surface area contributed by atoms with Gasteiger partial charge in [0.15, 0.2) is 0 Å². The van der Waals surface area contributed by atoms with Crippen LogP contribution in [0.5, 0.6) is 0 Å². The summed E-state index contributed by atoms with van der Waals surface area (Å²) in [6, 6.07) is 8.43. The minimum absolute atomic E-state index is 0.00713. The lowest BCUT2D eigenvalue weighted by molar-refractivity contribution is -0.141. The number of carbonyl (C=O) groups excluding carboxylic acids is 2. The molecule has 0 aliphatic rings. The van der Waals surface area contributed by atoms with Crippen LogP contribution in [0.25, 0.3) is 0 Å². The Morgan fingerprint density at radius 2 is 1.67 bits per heavy atom. The molecular formula is C28H45N3O4S. The van der Waals surface area contributed by atoms with Crippen LogP contribution in [-0.4, -0.2) is 71.2 Å². The third kappa shape index (κ3) is 8.37. The third-order valence-electron chi connectivity index (χ3n) is 6.49. The molecule has 0 heterocycles. The summed E-state index contributed by atoms with van der Waals surface area (Å²) in [6.45, 7) is 13.1. The molecule has 7 nitrogen and oxygen atoms in total. The summed E-state index contributed by atoms with van der Waals surface area (Å²) >= 11 is 1.66. The maximum Gasteiger partial charge on any atom is 0.331 e. The number of rotatable bonds is 12. The molecule has 0 saturated carbocycles. The Bertz CT molecular complexity index is 911. The molecule has 0 bridgehead atoms. The van der Waals surface area contributed by atoms with Crippen LogP contribution in [0.4, 0.5) is 0 Å². The average Bonchev–Trinajstić information content (AvgIpc) is 2.80. The molecule has 0 saturated heterocycles. The summed E-state index contributed by atoms with van der Waals surface area (Å²) < 4.78 is 0. The van der Waals surface area contributed by atoms with E-state index in [0.29, 0.717) is 6.42 Å². The van der Waals surface area contributed by atoms with Crippen molar-refractivity contribution in [2.75, 3.05) is 20.4 Å². The number of amides is 2. The van der Waals surface area contributed by atoms with Crippen LogP contribution in [-0.2, 0) is 14.4 Å². The average molecular weight is 520 g/mol. The van der Waals surface area contributed by atoms with Crippen molar-refractivity contribution in [1.82, 2.24) is 15.1 Å². The van der Waals surface area contributed by atoms with Crippen LogP contribution in [0, 0.1) is 11.3 Å². The standard InChI is InChI=1S/C28H45N3O4S/c1-11-21(31(9)26(36-10)20-15-13-12-14-16-20)24(32)29-23(28(5,6)7)25(33)30(8)22(18(2)3)17-19(4)27(34)35/h12-18,21-23,26H,11H2,1-10H3,(H,29,32)(H,34,35)/b19-17+/t21-,22+,23+,26?/m0/s1. The molecular weight excluding hydrogens is 474 g/mol. The number of hydrogen-bond acceptors (Lipinski definition) is 5. The van der Waals surface area contributed by atoms with Crippen molar-refractivity contribution in [2.24, 2.45) is 11.3 Å². The van der Waals surface area contributed by atoms with Crippen molar-refractivity contribution < 1.29 is 19.5 Å². The highest BCUT2D eigenvalue weighted by molar-refractivity contribution is 7.98. The first-order chi connectivity index (χ1) is 16.7. The molecule has 0 radical (unpaired) electrons. The topological polar surface area (TPSA) is 90.0 Å². The number of carboxylic acids is 1. The molecule has 202 valence electrons. The Morgan fingerprint density at radius 3 is 2.08 bits per heavy atom. The molecule has 36 heavy (non-hydrogen) atoms. The zero-order valence-electron chi connectivity index (χ0n) is 23.5. The van der Waals surface area contributed by atoms with Crippen LogP contribution in [0.1, 0.15) is 65.8 Å². The van der Waals surface area contributed by atoms with Crippen LogP contribution in [0.2, 0.25) is 0 Å². The Labute approximate surface area is 221 Å². The second kappa shape index (κ2) is 13.8. The molecule has 8 heteroatoms. The number of hydrogen-bond donors (Lipinski definition) is 2. The Balaban J connectivity index is 3.24. The van der Waals surface area contributed by atoms with Gasteiger partial charge < -0.3 is 15.3 Å². The van der Waals surface area contributed by atoms with Crippen molar-refractivity contribution in [3.63, 3.8) is 0 Å². The summed E-state index contributed by atoms with van der Waals surface area (Å²) in [5.74, 6) is -1.47. The van der Waals surface area contributed by atoms with Crippen molar-refractivity contribution in [3.05, 3.63) is 47.5 Å². The van der Waals surface area contributed by atoms with Gasteiger partial charge in [0.1, 0.15) is 6.04 Å². The zero-order chi connectivity index (χ0) is 27.8. The minimum atomic E-state index is -1.02. The van der Waals surface area contributed by atoms with Gasteiger partial charge in [0.25, 0.3) is 0 Å². The number of likely N-dealkylation sites (N-methyl/N-ethyl adjacent to an activating group) is 2. The van der Waals surface area contributed by atoms with Gasteiger partial charge in [-0.15, -0.1) is 11.8 Å². The fourth-order valence-electron chi connectivity index (χ4n) is 4.29. The molecule has 0 fully saturated rings. The van der Waals surface area contributed by atoms with E-state index >= 15 is 0 Å². The quantitative estimate of drug-likeness (QED) is 0.304. The van der Waals surface area contributed by atoms with E-state index < -0.39 is 29.5 Å². The van der Waals surface area contributed by atoms with E-state index in [9.17, 15) is 19.5 Å². The molecule has 1 aromatic carbocycles. The van der Waals surface area contributed by atoms with Gasteiger partial charge in [-0.1, -0.05) is 78.0 Å². The van der Waals surface area contributed by atoms with Crippen LogP contribution in [0.3, 0.4) is 0 Å². The van der Waals surface area contributed by atoms with Crippen molar-refractivity contribution in [2.45, 2.75) is 78.4 Å². The number of nitrogens with zero attached hydrogens (tertiary/aromatic N) is 2. The summed E-state index contributed by atoms with van der Waals surface area (Å²) in [6.07, 6.45) is 4.22. The first-order valence-electron chi connectivity index (χ1n) is 12.5. The molecule has 4 atom stereocenters. The summed E-state index contributed by atoms with van der Waals surface area (Å²) in [5, 5.41) is 12.4. The van der Waals surface area contributed by atoms with Gasteiger partial charge in [-0.05, 0) is 43.5 Å². The number of carbonyl (C=O) groups is 3. The molecule has 0 aliphatic carbocycles. The summed E-state index contributed by atoms with van der Waals surface area (Å²) in [7, 11) is 3.61. The molecule has 2 N–H and O–H groups in total. The number of aliphatic carboxylic acids is 1. The van der Waals surface area contributed by atoms with E-state index in [1.807, 2.05) is 73.0 Å². The third-order valence-corrected chi connectivity index (χ3v) is 7.55. The number of nitrogens with one attached hydrogen (secondary N) is 1. The van der Waals surface area contributed by atoms with E-state index in [2.05, 4.69) is 22.3 Å². The van der Waals surface area contributed by atoms with Gasteiger partial charge in [-0.25, -0.2) is 4.79 Å². The SMILES string of the molecule is CC[C@@H](C(=O)N[C@H](C(=O)N(C)[C@H](/C=C(\C)C(=O)O)C(C)C)C(C)(C)C)N(C)C(SC)c1ccccc1. The minimum Gasteiger partial charge on any atom is -0.478 e. The largest absolute Gasteiger partial charge is 0.478 e. The normalized spacial score (nSPS) is 15.8. The predicted molar refractivity (Wildman–Crippen MR) is 149 cm³/mol. The maximum absolute atomic E-state index is 13.7. The van der Waals surface area contributed by atoms with E-state index in [0.717, 1.165) is 5.56 Å². The van der Waals surface area contributed by atoms with Gasteiger partial charge in [0.05, 0.1) is 17.5 Å². The summed E-state index contributed by atoms with van der Waals surface area (Å²) in [4.78, 5) is 42.4. The Hall–Kier alpha value is -2.32. The highest BCUT2D eigenvalue weighted by atomic mass is 32.2. The first-order valence-corrected chi connectivity index (χ1v) is 13.7. The van der Waals surface area contributed by atoms with Gasteiger partial charge in [-0.2, -0.15) is 0 Å². The Kier molecular flexibility index (Phi) is 12.2. The van der Waals surface area contributed by atoms with Crippen LogP contribution in [0.15, 0.2) is 42.0 Å². The van der Waals surface area contributed by atoms with E-state index in [1.54, 1.807) is 29.8 Å². The smallest absolute Gasteiger partial charge is 0.331 e. The molecule has 0 spiro atoms. The number of thioether (sulfide) groups is 1. The van der Waals surface area contributed by atoms with Crippen molar-refractivity contribution in [3.8, 4) is 0 Å². The zero-order valence-corrected chi connectivity index (χ0v) is 24.3. The number of carboxylic acid groups (broad SMARTS) is 1. The second-order valence-electron chi connectivity index (χ2n) is 10.7. The highest BCUT2D eigenvalue weighted by Gasteiger charge is 2.39. The van der Waals surface area contributed by atoms with Crippen LogP contribution >= 0.6 is 11.8 Å². The Morgan fingerprint density at radius 1 is 1.11 bits per heavy atom. The van der Waals surface area contributed by atoms with Gasteiger partial charge in [0.2, 0.25) is 11.8 Å². The maximum atomic E-state index is 13.7. The monoisotopic (exact) mass is 519 g/mol. The second-order valence-corrected chi connectivity index (χ2v) is 11.7. The van der Waals surface area contributed by atoms with Crippen molar-refractivity contribution in [1.29, 1.82) is 0 Å². The lowest BCUT2D eigenvalue weighted by Gasteiger charge is -2.39. The lowest BCUT2D eigenvalue weighted by atomic mass is 9.84. The predicted octanol–water partition coefficient (Wildman–Crippen LogP) is 4.80. The van der Waals surface area contributed by atoms with E-state index in [-0.39, 0.29) is 28.7 Å². The fraction of sp³-hybridized carbons (Fsp3) is 0.607. The van der Waals surface area contributed by atoms with E-state index in [4.69, 9.17) is 0 Å². The molecule has 1 unspecified atom stereocenters. The molecule has 2 amide bonds. The lowest BCUT2D eigenvalue weighted by Crippen LogP contribution is -2.59. The van der Waals surface area contributed by atoms with Gasteiger partial charge >= 0.3 is 5.97 Å². The van der Waals surface area contributed by atoms with Crippen LogP contribution < -0.4 is 5.32 Å². The molecule has 1 aromatic rings. The fourth-order valence-corrected chi connectivity index (χ4v) is 5.20. The highest BCUT2D eigenvalue weighted by Crippen LogP contribution is 2.32. The molecule has 1 rings (SSSR count). The molecule has 0 aromatic heterocycles. The number of benzene rings is 1. The van der Waals surface area contributed by atoms with Crippen molar-refractivity contribution >= 4 is 29.5 Å². The van der Waals surface area contributed by atoms with Gasteiger partial charge in [0, 0.05) is 12.6 Å². The van der Waals surface area contributed by atoms with E-state index in [1.165, 1.54) is 6.92 Å².